The molecule has 1 atom stereocenters. The van der Waals surface area contributed by atoms with Gasteiger partial charge in [0.2, 0.25) is 11.8 Å². The molecule has 0 aromatic heterocycles. The minimum absolute atomic E-state index is 0.0260. The Morgan fingerprint density at radius 2 is 1.62 bits per heavy atom. The monoisotopic (exact) mass is 440 g/mol. The minimum Gasteiger partial charge on any atom is -0.342 e. The summed E-state index contributed by atoms with van der Waals surface area (Å²) in [5, 5.41) is 0. The number of hydrogen-bond donors (Lipinski definition) is 0. The average molecular weight is 441 g/mol. The number of piperidine rings is 1. The van der Waals surface area contributed by atoms with Gasteiger partial charge in [-0.3, -0.25) is 9.59 Å². The number of benzene rings is 1. The van der Waals surface area contributed by atoms with Gasteiger partial charge in [-0.1, -0.05) is 29.8 Å². The van der Waals surface area contributed by atoms with Crippen molar-refractivity contribution in [1.29, 1.82) is 0 Å². The van der Waals surface area contributed by atoms with E-state index in [1.807, 2.05) is 52.8 Å². The third-order valence-corrected chi connectivity index (χ3v) is 8.06. The molecular formula is C25H36N4O3. The normalized spacial score (nSPS) is 24.6. The number of rotatable bonds is 3. The highest BCUT2D eigenvalue weighted by Gasteiger charge is 2.65. The van der Waals surface area contributed by atoms with Gasteiger partial charge in [-0.25, -0.2) is 4.79 Å². The summed E-state index contributed by atoms with van der Waals surface area (Å²) < 4.78 is 0. The van der Waals surface area contributed by atoms with Gasteiger partial charge in [0, 0.05) is 58.8 Å². The molecular weight excluding hydrogens is 404 g/mol. The van der Waals surface area contributed by atoms with Crippen molar-refractivity contribution in [3.8, 4) is 0 Å². The SMILES string of the molecule is CCN1CCC2(CN(C(=O)N(C)C)CC23CCN(C(=O)Cc2ccc(C)cc2)CC3)C1=O. The van der Waals surface area contributed by atoms with Crippen LogP contribution in [0.1, 0.15) is 37.3 Å². The van der Waals surface area contributed by atoms with Gasteiger partial charge in [0.05, 0.1) is 11.8 Å². The van der Waals surface area contributed by atoms with Crippen LogP contribution in [0.3, 0.4) is 0 Å². The molecule has 0 radical (unpaired) electrons. The van der Waals surface area contributed by atoms with Crippen LogP contribution in [0.4, 0.5) is 4.79 Å². The van der Waals surface area contributed by atoms with Crippen LogP contribution in [0.15, 0.2) is 24.3 Å². The van der Waals surface area contributed by atoms with E-state index in [1.165, 1.54) is 5.56 Å². The average Bonchev–Trinajstić information content (AvgIpc) is 3.27. The molecule has 4 rings (SSSR count). The summed E-state index contributed by atoms with van der Waals surface area (Å²) in [6.07, 6.45) is 2.75. The van der Waals surface area contributed by atoms with E-state index in [1.54, 1.807) is 19.0 Å². The summed E-state index contributed by atoms with van der Waals surface area (Å²) in [5.41, 5.74) is 1.46. The highest BCUT2D eigenvalue weighted by atomic mass is 16.2. The van der Waals surface area contributed by atoms with E-state index in [4.69, 9.17) is 0 Å². The largest absolute Gasteiger partial charge is 0.342 e. The molecule has 4 amide bonds. The number of nitrogens with zero attached hydrogens (tertiary/aromatic N) is 4. The third kappa shape index (κ3) is 3.65. The van der Waals surface area contributed by atoms with E-state index < -0.39 is 5.41 Å². The zero-order chi connectivity index (χ0) is 23.1. The maximum Gasteiger partial charge on any atom is 0.319 e. The van der Waals surface area contributed by atoms with Gasteiger partial charge in [-0.15, -0.1) is 0 Å². The maximum absolute atomic E-state index is 13.5. The van der Waals surface area contributed by atoms with Crippen molar-refractivity contribution >= 4 is 17.8 Å². The Morgan fingerprint density at radius 1 is 0.969 bits per heavy atom. The first-order chi connectivity index (χ1) is 15.2. The van der Waals surface area contributed by atoms with E-state index in [0.29, 0.717) is 39.1 Å². The fraction of sp³-hybridized carbons (Fsp3) is 0.640. The Kier molecular flexibility index (Phi) is 5.94. The molecule has 1 aromatic carbocycles. The lowest BCUT2D eigenvalue weighted by molar-refractivity contribution is -0.143. The number of amides is 4. The lowest BCUT2D eigenvalue weighted by atomic mass is 9.60. The number of aryl methyl sites for hydroxylation is 1. The van der Waals surface area contributed by atoms with Crippen molar-refractivity contribution < 1.29 is 14.4 Å². The molecule has 32 heavy (non-hydrogen) atoms. The molecule has 7 heteroatoms. The Hall–Kier alpha value is -2.57. The van der Waals surface area contributed by atoms with Crippen molar-refractivity contribution in [1.82, 2.24) is 19.6 Å². The van der Waals surface area contributed by atoms with E-state index >= 15 is 0 Å². The predicted octanol–water partition coefficient (Wildman–Crippen LogP) is 2.38. The minimum atomic E-state index is -0.513. The summed E-state index contributed by atoms with van der Waals surface area (Å²) in [6.45, 7) is 7.93. The van der Waals surface area contributed by atoms with Crippen LogP contribution >= 0.6 is 0 Å². The summed E-state index contributed by atoms with van der Waals surface area (Å²) >= 11 is 0. The summed E-state index contributed by atoms with van der Waals surface area (Å²) in [4.78, 5) is 46.7. The van der Waals surface area contributed by atoms with Crippen molar-refractivity contribution in [3.63, 3.8) is 0 Å². The molecule has 1 aromatic rings. The first-order valence-electron chi connectivity index (χ1n) is 11.8. The first kappa shape index (κ1) is 22.6. The fourth-order valence-corrected chi connectivity index (χ4v) is 6.07. The number of hydrogen-bond acceptors (Lipinski definition) is 3. The molecule has 1 unspecified atom stereocenters. The zero-order valence-electron chi connectivity index (χ0n) is 19.9. The molecule has 0 aliphatic carbocycles. The van der Waals surface area contributed by atoms with Crippen LogP contribution in [0.25, 0.3) is 0 Å². The van der Waals surface area contributed by atoms with Gasteiger partial charge in [-0.2, -0.15) is 0 Å². The van der Waals surface area contributed by atoms with Crippen molar-refractivity contribution in [2.24, 2.45) is 10.8 Å². The second kappa shape index (κ2) is 8.41. The number of urea groups is 1. The molecule has 0 bridgehead atoms. The lowest BCUT2D eigenvalue weighted by Gasteiger charge is -2.46. The second-order valence-electron chi connectivity index (χ2n) is 10.1. The van der Waals surface area contributed by atoms with Crippen LogP contribution < -0.4 is 0 Å². The molecule has 174 valence electrons. The first-order valence-corrected chi connectivity index (χ1v) is 11.8. The molecule has 3 aliphatic rings. The standard InChI is InChI=1S/C25H36N4O3/c1-5-27-15-12-25(22(27)31)18-29(23(32)26(3)4)17-24(25)10-13-28(14-11-24)21(30)16-20-8-6-19(2)7-9-20/h6-9H,5,10-18H2,1-4H3. The fourth-order valence-electron chi connectivity index (χ4n) is 6.07. The molecule has 3 saturated heterocycles. The Morgan fingerprint density at radius 3 is 2.19 bits per heavy atom. The van der Waals surface area contributed by atoms with E-state index in [0.717, 1.165) is 31.4 Å². The maximum atomic E-state index is 13.5. The Balaban J connectivity index is 1.51. The van der Waals surface area contributed by atoms with E-state index in [9.17, 15) is 14.4 Å². The second-order valence-corrected chi connectivity index (χ2v) is 10.1. The topological polar surface area (TPSA) is 64.2 Å². The Bertz CT molecular complexity index is 889. The number of carbonyl (C=O) groups excluding carboxylic acids is 3. The Labute approximate surface area is 191 Å². The van der Waals surface area contributed by atoms with Crippen LogP contribution in [-0.2, 0) is 16.0 Å². The molecule has 3 fully saturated rings. The molecule has 3 aliphatic heterocycles. The molecule has 2 spiro atoms. The quantitative estimate of drug-likeness (QED) is 0.725. The van der Waals surface area contributed by atoms with Crippen molar-refractivity contribution in [3.05, 3.63) is 35.4 Å². The predicted molar refractivity (Wildman–Crippen MR) is 123 cm³/mol. The van der Waals surface area contributed by atoms with Crippen molar-refractivity contribution in [2.45, 2.75) is 39.5 Å². The van der Waals surface area contributed by atoms with Gasteiger partial charge in [-0.05, 0) is 38.7 Å². The van der Waals surface area contributed by atoms with Gasteiger partial charge < -0.3 is 19.6 Å². The highest BCUT2D eigenvalue weighted by Crippen LogP contribution is 2.58. The van der Waals surface area contributed by atoms with Crippen molar-refractivity contribution in [2.75, 3.05) is 53.4 Å². The smallest absolute Gasteiger partial charge is 0.319 e. The lowest BCUT2D eigenvalue weighted by Crippen LogP contribution is -2.53. The van der Waals surface area contributed by atoms with Crippen LogP contribution in [0.2, 0.25) is 0 Å². The van der Waals surface area contributed by atoms with Crippen LogP contribution in [0, 0.1) is 17.8 Å². The molecule has 7 nitrogen and oxygen atoms in total. The molecule has 3 heterocycles. The molecule has 0 N–H and O–H groups in total. The number of fused-ring (bicyclic) bond motifs is 1. The number of carbonyl (C=O) groups is 3. The highest BCUT2D eigenvalue weighted by molar-refractivity contribution is 5.88. The van der Waals surface area contributed by atoms with E-state index in [-0.39, 0.29) is 23.3 Å². The van der Waals surface area contributed by atoms with Gasteiger partial charge in [0.15, 0.2) is 0 Å². The summed E-state index contributed by atoms with van der Waals surface area (Å²) in [6, 6.07) is 8.09. The van der Waals surface area contributed by atoms with Gasteiger partial charge >= 0.3 is 6.03 Å². The van der Waals surface area contributed by atoms with Crippen LogP contribution in [-0.4, -0.2) is 90.8 Å². The van der Waals surface area contributed by atoms with Crippen LogP contribution in [0.5, 0.6) is 0 Å². The molecule has 0 saturated carbocycles. The van der Waals surface area contributed by atoms with Gasteiger partial charge in [0.1, 0.15) is 0 Å². The summed E-state index contributed by atoms with van der Waals surface area (Å²) in [5.74, 6) is 0.346. The zero-order valence-corrected chi connectivity index (χ0v) is 19.9. The third-order valence-electron chi connectivity index (χ3n) is 8.06. The van der Waals surface area contributed by atoms with Gasteiger partial charge in [0.25, 0.3) is 0 Å². The number of likely N-dealkylation sites (tertiary alicyclic amines) is 3. The van der Waals surface area contributed by atoms with E-state index in [2.05, 4.69) is 0 Å². The summed E-state index contributed by atoms with van der Waals surface area (Å²) in [7, 11) is 3.53.